The van der Waals surface area contributed by atoms with Gasteiger partial charge >= 0.3 is 6.05 Å². The SMILES string of the molecule is CCC(C)CNC(C)CN1CC(F)(F)N1. The molecular weight excluding hydrogens is 200 g/mol. The lowest BCUT2D eigenvalue weighted by molar-refractivity contribution is -0.203. The Kier molecular flexibility index (Phi) is 4.43. The van der Waals surface area contributed by atoms with Crippen molar-refractivity contribution in [3.05, 3.63) is 0 Å². The molecule has 1 aliphatic heterocycles. The third-order valence-electron chi connectivity index (χ3n) is 2.72. The van der Waals surface area contributed by atoms with Crippen LogP contribution in [0, 0.1) is 5.92 Å². The molecule has 15 heavy (non-hydrogen) atoms. The summed E-state index contributed by atoms with van der Waals surface area (Å²) < 4.78 is 24.9. The molecule has 2 N–H and O–H groups in total. The molecule has 1 fully saturated rings. The van der Waals surface area contributed by atoms with Gasteiger partial charge in [0.15, 0.2) is 0 Å². The number of hydrazine groups is 1. The van der Waals surface area contributed by atoms with Gasteiger partial charge < -0.3 is 5.32 Å². The Morgan fingerprint density at radius 1 is 1.47 bits per heavy atom. The van der Waals surface area contributed by atoms with E-state index < -0.39 is 6.05 Å². The van der Waals surface area contributed by atoms with Gasteiger partial charge in [-0.25, -0.2) is 5.01 Å². The highest BCUT2D eigenvalue weighted by Gasteiger charge is 2.43. The fourth-order valence-corrected chi connectivity index (χ4v) is 1.51. The summed E-state index contributed by atoms with van der Waals surface area (Å²) in [5.41, 5.74) is 2.11. The number of hydrogen-bond acceptors (Lipinski definition) is 3. The van der Waals surface area contributed by atoms with Crippen molar-refractivity contribution in [2.75, 3.05) is 19.6 Å². The van der Waals surface area contributed by atoms with Crippen LogP contribution in [0.5, 0.6) is 0 Å². The van der Waals surface area contributed by atoms with Gasteiger partial charge in [-0.15, -0.1) is 0 Å². The number of hydrogen-bond donors (Lipinski definition) is 2. The van der Waals surface area contributed by atoms with E-state index in [-0.39, 0.29) is 12.6 Å². The first-order valence-electron chi connectivity index (χ1n) is 5.57. The van der Waals surface area contributed by atoms with Crippen LogP contribution in [-0.4, -0.2) is 36.7 Å². The van der Waals surface area contributed by atoms with E-state index in [4.69, 9.17) is 0 Å². The normalized spacial score (nSPS) is 24.6. The molecule has 1 saturated heterocycles. The van der Waals surface area contributed by atoms with Crippen molar-refractivity contribution in [3.8, 4) is 0 Å². The largest absolute Gasteiger partial charge is 0.328 e. The summed E-state index contributed by atoms with van der Waals surface area (Å²) in [6, 6.07) is -2.45. The Hall–Kier alpha value is -0.260. The van der Waals surface area contributed by atoms with Crippen LogP contribution in [0.15, 0.2) is 0 Å². The van der Waals surface area contributed by atoms with Crippen LogP contribution >= 0.6 is 0 Å². The van der Waals surface area contributed by atoms with Gasteiger partial charge in [-0.05, 0) is 19.4 Å². The topological polar surface area (TPSA) is 27.3 Å². The second-order valence-electron chi connectivity index (χ2n) is 4.52. The van der Waals surface area contributed by atoms with Crippen LogP contribution in [0.4, 0.5) is 8.78 Å². The van der Waals surface area contributed by atoms with Gasteiger partial charge in [0.25, 0.3) is 0 Å². The zero-order chi connectivity index (χ0) is 11.5. The molecule has 0 radical (unpaired) electrons. The maximum atomic E-state index is 12.4. The molecule has 0 aliphatic carbocycles. The molecule has 0 amide bonds. The Labute approximate surface area is 90.2 Å². The highest BCUT2D eigenvalue weighted by atomic mass is 19.3. The molecule has 0 aromatic heterocycles. The van der Waals surface area contributed by atoms with E-state index in [2.05, 4.69) is 24.6 Å². The maximum Gasteiger partial charge on any atom is 0.328 e. The van der Waals surface area contributed by atoms with Crippen molar-refractivity contribution in [1.82, 2.24) is 15.8 Å². The zero-order valence-corrected chi connectivity index (χ0v) is 9.69. The lowest BCUT2D eigenvalue weighted by atomic mass is 10.1. The average molecular weight is 221 g/mol. The average Bonchev–Trinajstić information content (AvgIpc) is 2.11. The van der Waals surface area contributed by atoms with Gasteiger partial charge in [-0.1, -0.05) is 20.3 Å². The second kappa shape index (κ2) is 5.18. The number of nitrogens with zero attached hydrogens (tertiary/aromatic N) is 1. The van der Waals surface area contributed by atoms with Crippen molar-refractivity contribution < 1.29 is 8.78 Å². The minimum atomic E-state index is -2.68. The van der Waals surface area contributed by atoms with Crippen LogP contribution in [0.1, 0.15) is 27.2 Å². The van der Waals surface area contributed by atoms with Gasteiger partial charge in [0, 0.05) is 12.6 Å². The fraction of sp³-hybridized carbons (Fsp3) is 1.00. The summed E-state index contributed by atoms with van der Waals surface area (Å²) in [7, 11) is 0. The van der Waals surface area contributed by atoms with Gasteiger partial charge in [0.1, 0.15) is 0 Å². The quantitative estimate of drug-likeness (QED) is 0.664. The molecule has 90 valence electrons. The lowest BCUT2D eigenvalue weighted by Gasteiger charge is -2.41. The minimum Gasteiger partial charge on any atom is -0.313 e. The Bertz CT molecular complexity index is 191. The summed E-state index contributed by atoms with van der Waals surface area (Å²) in [5, 5.41) is 4.88. The molecule has 0 saturated carbocycles. The predicted molar refractivity (Wildman–Crippen MR) is 56.6 cm³/mol. The van der Waals surface area contributed by atoms with Gasteiger partial charge in [-0.3, -0.25) is 0 Å². The molecule has 1 rings (SSSR count). The van der Waals surface area contributed by atoms with Crippen LogP contribution in [0.25, 0.3) is 0 Å². The Balaban J connectivity index is 2.07. The second-order valence-corrected chi connectivity index (χ2v) is 4.52. The molecule has 0 aromatic rings. The fourth-order valence-electron chi connectivity index (χ4n) is 1.51. The van der Waals surface area contributed by atoms with Crippen LogP contribution in [-0.2, 0) is 0 Å². The summed E-state index contributed by atoms with van der Waals surface area (Å²) in [6.45, 7) is 7.72. The van der Waals surface area contributed by atoms with E-state index in [9.17, 15) is 8.78 Å². The first-order chi connectivity index (χ1) is 6.93. The minimum absolute atomic E-state index is 0.178. The summed E-state index contributed by atoms with van der Waals surface area (Å²) in [5.74, 6) is 0.637. The van der Waals surface area contributed by atoms with E-state index in [1.165, 1.54) is 0 Å². The Morgan fingerprint density at radius 3 is 2.53 bits per heavy atom. The number of halogens is 2. The molecule has 1 heterocycles. The highest BCUT2D eigenvalue weighted by molar-refractivity contribution is 4.80. The number of nitrogens with one attached hydrogen (secondary N) is 2. The Morgan fingerprint density at radius 2 is 2.07 bits per heavy atom. The summed E-state index contributed by atoms with van der Waals surface area (Å²) in [6.07, 6.45) is 1.14. The van der Waals surface area contributed by atoms with Crippen molar-refractivity contribution in [1.29, 1.82) is 0 Å². The zero-order valence-electron chi connectivity index (χ0n) is 9.69. The number of alkyl halides is 2. The van der Waals surface area contributed by atoms with Crippen LogP contribution in [0.2, 0.25) is 0 Å². The first kappa shape index (κ1) is 12.8. The van der Waals surface area contributed by atoms with Gasteiger partial charge in [-0.2, -0.15) is 14.2 Å². The van der Waals surface area contributed by atoms with Crippen LogP contribution in [0.3, 0.4) is 0 Å². The van der Waals surface area contributed by atoms with E-state index in [0.717, 1.165) is 13.0 Å². The van der Waals surface area contributed by atoms with Crippen molar-refractivity contribution in [3.63, 3.8) is 0 Å². The van der Waals surface area contributed by atoms with Crippen molar-refractivity contribution in [2.24, 2.45) is 5.92 Å². The summed E-state index contributed by atoms with van der Waals surface area (Å²) >= 11 is 0. The molecule has 2 unspecified atom stereocenters. The lowest BCUT2D eigenvalue weighted by Crippen LogP contribution is -2.68. The third-order valence-corrected chi connectivity index (χ3v) is 2.72. The molecule has 0 bridgehead atoms. The predicted octanol–water partition coefficient (Wildman–Crippen LogP) is 1.42. The van der Waals surface area contributed by atoms with E-state index >= 15 is 0 Å². The van der Waals surface area contributed by atoms with Gasteiger partial charge in [0.2, 0.25) is 0 Å². The smallest absolute Gasteiger partial charge is 0.313 e. The van der Waals surface area contributed by atoms with Crippen molar-refractivity contribution >= 4 is 0 Å². The van der Waals surface area contributed by atoms with Crippen molar-refractivity contribution in [2.45, 2.75) is 39.3 Å². The van der Waals surface area contributed by atoms with Gasteiger partial charge in [0.05, 0.1) is 6.54 Å². The molecule has 3 nitrogen and oxygen atoms in total. The first-order valence-corrected chi connectivity index (χ1v) is 5.57. The van der Waals surface area contributed by atoms with E-state index in [1.54, 1.807) is 5.01 Å². The highest BCUT2D eigenvalue weighted by Crippen LogP contribution is 2.20. The standard InChI is InChI=1S/C10H21F2N3/c1-4-8(2)5-13-9(3)6-15-7-10(11,12)14-15/h8-9,13-14H,4-7H2,1-3H3. The monoisotopic (exact) mass is 221 g/mol. The maximum absolute atomic E-state index is 12.4. The molecular formula is C10H21F2N3. The molecule has 5 heteroatoms. The molecule has 0 aromatic carbocycles. The molecule has 0 spiro atoms. The third kappa shape index (κ3) is 4.40. The summed E-state index contributed by atoms with van der Waals surface area (Å²) in [4.78, 5) is 0. The number of rotatable bonds is 6. The van der Waals surface area contributed by atoms with E-state index in [1.807, 2.05) is 6.92 Å². The van der Waals surface area contributed by atoms with Crippen LogP contribution < -0.4 is 10.7 Å². The van der Waals surface area contributed by atoms with E-state index in [0.29, 0.717) is 12.5 Å². The molecule has 1 aliphatic rings. The molecule has 2 atom stereocenters.